The van der Waals surface area contributed by atoms with E-state index in [2.05, 4.69) is 23.9 Å². The van der Waals surface area contributed by atoms with Crippen molar-refractivity contribution in [2.24, 2.45) is 0 Å². The first-order chi connectivity index (χ1) is 12.8. The molecule has 0 aliphatic carbocycles. The van der Waals surface area contributed by atoms with Gasteiger partial charge in [-0.25, -0.2) is 13.1 Å². The second kappa shape index (κ2) is 9.53. The summed E-state index contributed by atoms with van der Waals surface area (Å²) in [6.45, 7) is 6.30. The van der Waals surface area contributed by atoms with Crippen molar-refractivity contribution in [3.8, 4) is 5.75 Å². The summed E-state index contributed by atoms with van der Waals surface area (Å²) < 4.78 is 33.0. The number of anilines is 1. The first kappa shape index (κ1) is 20.9. The summed E-state index contributed by atoms with van der Waals surface area (Å²) >= 11 is 0. The zero-order chi connectivity index (χ0) is 19.9. The number of amides is 1. The molecule has 0 aliphatic rings. The van der Waals surface area contributed by atoms with Crippen molar-refractivity contribution >= 4 is 21.6 Å². The van der Waals surface area contributed by atoms with Crippen molar-refractivity contribution in [3.63, 3.8) is 0 Å². The molecular weight excluding hydrogens is 364 g/mol. The summed E-state index contributed by atoms with van der Waals surface area (Å²) in [5, 5.41) is 2.68. The molecule has 0 saturated heterocycles. The molecule has 0 atom stereocenters. The molecule has 0 fully saturated rings. The van der Waals surface area contributed by atoms with Crippen molar-refractivity contribution in [1.29, 1.82) is 0 Å². The van der Waals surface area contributed by atoms with Gasteiger partial charge < -0.3 is 10.1 Å². The summed E-state index contributed by atoms with van der Waals surface area (Å²) in [6, 6.07) is 13.8. The Hall–Kier alpha value is -2.38. The first-order valence-electron chi connectivity index (χ1n) is 8.94. The van der Waals surface area contributed by atoms with E-state index in [9.17, 15) is 13.2 Å². The maximum absolute atomic E-state index is 12.4. The van der Waals surface area contributed by atoms with Gasteiger partial charge in [0, 0.05) is 18.7 Å². The van der Waals surface area contributed by atoms with E-state index in [0.717, 1.165) is 11.3 Å². The van der Waals surface area contributed by atoms with Gasteiger partial charge in [-0.05, 0) is 41.8 Å². The van der Waals surface area contributed by atoms with Gasteiger partial charge in [-0.3, -0.25) is 4.79 Å². The second-order valence-electron chi connectivity index (χ2n) is 6.36. The molecule has 2 N–H and O–H groups in total. The topological polar surface area (TPSA) is 84.5 Å². The van der Waals surface area contributed by atoms with Gasteiger partial charge in [0.15, 0.2) is 0 Å². The number of hydrogen-bond acceptors (Lipinski definition) is 4. The third-order valence-corrected chi connectivity index (χ3v) is 5.44. The van der Waals surface area contributed by atoms with Crippen molar-refractivity contribution < 1.29 is 17.9 Å². The van der Waals surface area contributed by atoms with Gasteiger partial charge in [-0.2, -0.15) is 0 Å². The van der Waals surface area contributed by atoms with Crippen LogP contribution in [0.2, 0.25) is 0 Å². The molecule has 0 radical (unpaired) electrons. The summed E-state index contributed by atoms with van der Waals surface area (Å²) in [7, 11) is -3.63. The van der Waals surface area contributed by atoms with Crippen LogP contribution in [0, 0.1) is 0 Å². The molecule has 2 rings (SSSR count). The van der Waals surface area contributed by atoms with Crippen molar-refractivity contribution in [1.82, 2.24) is 4.72 Å². The van der Waals surface area contributed by atoms with Crippen LogP contribution in [0.1, 0.15) is 38.7 Å². The van der Waals surface area contributed by atoms with E-state index < -0.39 is 10.0 Å². The molecule has 7 heteroatoms. The van der Waals surface area contributed by atoms with Crippen LogP contribution in [0.5, 0.6) is 5.75 Å². The lowest BCUT2D eigenvalue weighted by Crippen LogP contribution is -2.28. The van der Waals surface area contributed by atoms with E-state index in [1.807, 2.05) is 24.3 Å². The monoisotopic (exact) mass is 390 g/mol. The molecule has 0 aliphatic heterocycles. The van der Waals surface area contributed by atoms with Gasteiger partial charge in [-0.15, -0.1) is 0 Å². The molecule has 0 aromatic heterocycles. The van der Waals surface area contributed by atoms with Crippen LogP contribution in [-0.4, -0.2) is 27.5 Å². The zero-order valence-electron chi connectivity index (χ0n) is 15.9. The highest BCUT2D eigenvalue weighted by Crippen LogP contribution is 2.25. The molecular formula is C20H26N2O4S. The summed E-state index contributed by atoms with van der Waals surface area (Å²) in [6.07, 6.45) is 0.363. The lowest BCUT2D eigenvalue weighted by atomic mass is 10.0. The van der Waals surface area contributed by atoms with E-state index in [-0.39, 0.29) is 24.0 Å². The Morgan fingerprint density at radius 2 is 1.74 bits per heavy atom. The highest BCUT2D eigenvalue weighted by molar-refractivity contribution is 7.89. The number of rotatable bonds is 9. The molecule has 2 aromatic rings. The molecule has 2 aromatic carbocycles. The Kier molecular flexibility index (Phi) is 7.38. The van der Waals surface area contributed by atoms with Gasteiger partial charge in [0.2, 0.25) is 15.9 Å². The number of carbonyl (C=O) groups is 1. The van der Waals surface area contributed by atoms with Crippen LogP contribution < -0.4 is 14.8 Å². The minimum absolute atomic E-state index is 0.123. The normalized spacial score (nSPS) is 11.4. The van der Waals surface area contributed by atoms with Crippen LogP contribution >= 0.6 is 0 Å². The lowest BCUT2D eigenvalue weighted by Gasteiger charge is -2.14. The van der Waals surface area contributed by atoms with Gasteiger partial charge in [0.25, 0.3) is 0 Å². The average molecular weight is 391 g/mol. The minimum Gasteiger partial charge on any atom is -0.492 e. The Bertz CT molecular complexity index is 862. The maximum Gasteiger partial charge on any atom is 0.240 e. The number of benzene rings is 2. The number of hydrogen-bond donors (Lipinski definition) is 2. The van der Waals surface area contributed by atoms with E-state index >= 15 is 0 Å². The molecule has 0 saturated carbocycles. The number of sulfonamides is 1. The predicted molar refractivity (Wildman–Crippen MR) is 107 cm³/mol. The number of ether oxygens (including phenoxy) is 1. The molecule has 0 bridgehead atoms. The molecule has 0 heterocycles. The third kappa shape index (κ3) is 6.08. The average Bonchev–Trinajstić information content (AvgIpc) is 2.65. The Balaban J connectivity index is 1.91. The summed E-state index contributed by atoms with van der Waals surface area (Å²) in [5.74, 6) is 0.967. The van der Waals surface area contributed by atoms with Crippen molar-refractivity contribution in [2.45, 2.75) is 38.0 Å². The minimum atomic E-state index is -3.63. The maximum atomic E-state index is 12.4. The molecule has 1 amide bonds. The number of nitrogens with one attached hydrogen (secondary N) is 2. The molecule has 6 nitrogen and oxygen atoms in total. The third-order valence-electron chi connectivity index (χ3n) is 3.96. The fourth-order valence-electron chi connectivity index (χ4n) is 2.48. The first-order valence-corrected chi connectivity index (χ1v) is 10.4. The highest BCUT2D eigenvalue weighted by Gasteiger charge is 2.14. The lowest BCUT2D eigenvalue weighted by molar-refractivity contribution is -0.115. The van der Waals surface area contributed by atoms with Crippen molar-refractivity contribution in [3.05, 3.63) is 54.1 Å². The van der Waals surface area contributed by atoms with E-state index in [1.54, 1.807) is 19.1 Å². The quantitative estimate of drug-likeness (QED) is 0.642. The van der Waals surface area contributed by atoms with E-state index in [4.69, 9.17) is 4.74 Å². The molecule has 146 valence electrons. The Labute approximate surface area is 161 Å². The van der Waals surface area contributed by atoms with Gasteiger partial charge in [0.1, 0.15) is 12.4 Å². The fraction of sp³-hybridized carbons (Fsp3) is 0.350. The van der Waals surface area contributed by atoms with Crippen LogP contribution in [-0.2, 0) is 14.8 Å². The fourth-order valence-corrected chi connectivity index (χ4v) is 3.49. The van der Waals surface area contributed by atoms with E-state index in [0.29, 0.717) is 18.0 Å². The van der Waals surface area contributed by atoms with Crippen LogP contribution in [0.3, 0.4) is 0 Å². The molecule has 0 spiro atoms. The summed E-state index contributed by atoms with van der Waals surface area (Å²) in [4.78, 5) is 11.5. The van der Waals surface area contributed by atoms with Gasteiger partial charge in [-0.1, -0.05) is 39.0 Å². The SMILES string of the molecule is CCC(=O)Nc1ccc(S(=O)(=O)NCCOc2ccccc2C(C)C)cc1. The van der Waals surface area contributed by atoms with Crippen LogP contribution in [0.25, 0.3) is 0 Å². The second-order valence-corrected chi connectivity index (χ2v) is 8.13. The summed E-state index contributed by atoms with van der Waals surface area (Å²) in [5.41, 5.74) is 1.65. The number of carbonyl (C=O) groups excluding carboxylic acids is 1. The predicted octanol–water partition coefficient (Wildman–Crippen LogP) is 3.52. The van der Waals surface area contributed by atoms with E-state index in [1.165, 1.54) is 12.1 Å². The Morgan fingerprint density at radius 1 is 1.07 bits per heavy atom. The smallest absolute Gasteiger partial charge is 0.240 e. The zero-order valence-corrected chi connectivity index (χ0v) is 16.7. The highest BCUT2D eigenvalue weighted by atomic mass is 32.2. The number of para-hydroxylation sites is 1. The molecule has 27 heavy (non-hydrogen) atoms. The van der Waals surface area contributed by atoms with Crippen LogP contribution in [0.15, 0.2) is 53.4 Å². The van der Waals surface area contributed by atoms with Gasteiger partial charge in [0.05, 0.1) is 4.90 Å². The largest absolute Gasteiger partial charge is 0.492 e. The standard InChI is InChI=1S/C20H26N2O4S/c1-4-20(23)22-16-9-11-17(12-10-16)27(24,25)21-13-14-26-19-8-6-5-7-18(19)15(2)3/h5-12,15,21H,4,13-14H2,1-3H3,(H,22,23). The Morgan fingerprint density at radius 3 is 2.37 bits per heavy atom. The molecule has 0 unspecified atom stereocenters. The van der Waals surface area contributed by atoms with Gasteiger partial charge >= 0.3 is 0 Å². The van der Waals surface area contributed by atoms with Crippen LogP contribution in [0.4, 0.5) is 5.69 Å². The van der Waals surface area contributed by atoms with Crippen molar-refractivity contribution in [2.75, 3.05) is 18.5 Å².